The van der Waals surface area contributed by atoms with E-state index < -0.39 is 35.9 Å². The van der Waals surface area contributed by atoms with Crippen LogP contribution < -0.4 is 11.1 Å². The first-order valence-corrected chi connectivity index (χ1v) is 13.7. The second kappa shape index (κ2) is 12.0. The average molecular weight is 537 g/mol. The van der Waals surface area contributed by atoms with Crippen LogP contribution in [0.15, 0.2) is 18.5 Å². The number of amides is 1. The Hall–Kier alpha value is -2.36. The van der Waals surface area contributed by atoms with E-state index in [4.69, 9.17) is 10.5 Å². The Morgan fingerprint density at radius 3 is 2.78 bits per heavy atom. The first-order valence-electron chi connectivity index (χ1n) is 12.4. The van der Waals surface area contributed by atoms with Crippen molar-refractivity contribution in [2.75, 3.05) is 25.6 Å². The molecule has 14 heteroatoms. The molecule has 4 heterocycles. The monoisotopic (exact) mass is 536 g/mol. The van der Waals surface area contributed by atoms with Crippen molar-refractivity contribution in [2.24, 2.45) is 5.92 Å². The highest BCUT2D eigenvalue weighted by Crippen LogP contribution is 2.30. The average Bonchev–Trinajstić information content (AvgIpc) is 3.49. The number of ether oxygens (including phenoxy) is 1. The van der Waals surface area contributed by atoms with Gasteiger partial charge in [-0.05, 0) is 38.1 Å². The number of likely N-dealkylation sites (N-methyl/N-ethyl adjacent to an activating group) is 1. The molecular weight excluding hydrogens is 500 g/mol. The zero-order chi connectivity index (χ0) is 26.7. The standard InChI is InChI=1S/C23H36N8O5S/c1-4-5-12-8-16(30(2)9-12)21(35)26-15(20-18(33)17(32)19(34)22(36-20)37-3)11-31-10-14(28-29-31)13-6-7-25-23(24)27-13/h6-7,10,12,15-20,22,32-34H,4-5,8-9,11H2,1-3H3,(H,26,35)(H2,24,25,27)/t12-,15-,16+,17?,18?,19-,20-,22?/m1/s1. The quantitative estimate of drug-likeness (QED) is 0.266. The third kappa shape index (κ3) is 6.21. The van der Waals surface area contributed by atoms with Crippen molar-refractivity contribution in [2.45, 2.75) is 74.7 Å². The third-order valence-electron chi connectivity index (χ3n) is 7.06. The number of nitrogen functional groups attached to an aromatic ring is 1. The Morgan fingerprint density at radius 1 is 1.30 bits per heavy atom. The van der Waals surface area contributed by atoms with E-state index in [1.54, 1.807) is 18.5 Å². The van der Waals surface area contributed by atoms with E-state index in [2.05, 4.69) is 32.5 Å². The number of nitrogens with zero attached hydrogens (tertiary/aromatic N) is 6. The van der Waals surface area contributed by atoms with Crippen LogP contribution in [0, 0.1) is 5.92 Å². The smallest absolute Gasteiger partial charge is 0.237 e. The highest BCUT2D eigenvalue weighted by Gasteiger charge is 2.47. The van der Waals surface area contributed by atoms with Gasteiger partial charge in [-0.25, -0.2) is 14.6 Å². The molecule has 0 aromatic carbocycles. The van der Waals surface area contributed by atoms with Gasteiger partial charge < -0.3 is 31.1 Å². The van der Waals surface area contributed by atoms with Crippen molar-refractivity contribution in [3.8, 4) is 11.4 Å². The van der Waals surface area contributed by atoms with Crippen molar-refractivity contribution < 1.29 is 24.9 Å². The predicted octanol–water partition coefficient (Wildman–Crippen LogP) is -0.907. The van der Waals surface area contributed by atoms with Gasteiger partial charge in [0.2, 0.25) is 11.9 Å². The van der Waals surface area contributed by atoms with Gasteiger partial charge in [-0.1, -0.05) is 18.6 Å². The van der Waals surface area contributed by atoms with Crippen LogP contribution in [0.2, 0.25) is 0 Å². The fourth-order valence-electron chi connectivity index (χ4n) is 5.16. The molecule has 2 aromatic heterocycles. The summed E-state index contributed by atoms with van der Waals surface area (Å²) in [5.74, 6) is 0.359. The van der Waals surface area contributed by atoms with E-state index >= 15 is 0 Å². The van der Waals surface area contributed by atoms with E-state index in [-0.39, 0.29) is 24.4 Å². The number of likely N-dealkylation sites (tertiary alicyclic amines) is 1. The number of thioether (sulfide) groups is 1. The molecule has 0 saturated carbocycles. The number of hydrogen-bond donors (Lipinski definition) is 5. The molecule has 1 amide bonds. The largest absolute Gasteiger partial charge is 0.388 e. The van der Waals surface area contributed by atoms with Crippen molar-refractivity contribution in [1.82, 2.24) is 35.2 Å². The number of anilines is 1. The zero-order valence-corrected chi connectivity index (χ0v) is 22.0. The van der Waals surface area contributed by atoms with Gasteiger partial charge in [-0.2, -0.15) is 0 Å². The molecule has 0 aliphatic carbocycles. The normalized spacial score (nSPS) is 31.4. The molecule has 37 heavy (non-hydrogen) atoms. The van der Waals surface area contributed by atoms with Gasteiger partial charge in [-0.3, -0.25) is 9.69 Å². The van der Waals surface area contributed by atoms with Crippen molar-refractivity contribution in [1.29, 1.82) is 0 Å². The summed E-state index contributed by atoms with van der Waals surface area (Å²) in [6.07, 6.45) is 2.62. The Bertz CT molecular complexity index is 1060. The minimum absolute atomic E-state index is 0.0970. The summed E-state index contributed by atoms with van der Waals surface area (Å²) >= 11 is 1.22. The summed E-state index contributed by atoms with van der Waals surface area (Å²) in [4.78, 5) is 23.5. The number of nitrogens with one attached hydrogen (secondary N) is 1. The molecule has 2 aliphatic rings. The summed E-state index contributed by atoms with van der Waals surface area (Å²) in [5, 5.41) is 43.0. The van der Waals surface area contributed by atoms with Crippen LogP contribution in [-0.2, 0) is 16.1 Å². The molecule has 2 aliphatic heterocycles. The van der Waals surface area contributed by atoms with Crippen molar-refractivity contribution in [3.05, 3.63) is 18.5 Å². The number of carbonyl (C=O) groups is 1. The SMILES string of the molecule is CCC[C@@H]1C[C@@H](C(=O)N[C@H](Cn2cc(-c3ccnc(N)n3)nn2)[C@H]2OC(SC)[C@H](O)C(O)C2O)N(C)C1. The number of hydrogen-bond acceptors (Lipinski definition) is 12. The lowest BCUT2D eigenvalue weighted by atomic mass is 9.94. The summed E-state index contributed by atoms with van der Waals surface area (Å²) in [5.41, 5.74) is 5.85. The van der Waals surface area contributed by atoms with Crippen LogP contribution in [0.25, 0.3) is 11.4 Å². The molecule has 0 radical (unpaired) electrons. The van der Waals surface area contributed by atoms with Gasteiger partial charge in [0.15, 0.2) is 0 Å². The topological polar surface area (TPSA) is 185 Å². The van der Waals surface area contributed by atoms with Crippen molar-refractivity contribution in [3.63, 3.8) is 0 Å². The summed E-state index contributed by atoms with van der Waals surface area (Å²) in [6.45, 7) is 3.07. The predicted molar refractivity (Wildman–Crippen MR) is 137 cm³/mol. The lowest BCUT2D eigenvalue weighted by molar-refractivity contribution is -0.206. The lowest BCUT2D eigenvalue weighted by Gasteiger charge is -2.43. The highest BCUT2D eigenvalue weighted by atomic mass is 32.2. The van der Waals surface area contributed by atoms with E-state index in [0.29, 0.717) is 17.3 Å². The molecule has 2 saturated heterocycles. The summed E-state index contributed by atoms with van der Waals surface area (Å²) in [7, 11) is 1.93. The van der Waals surface area contributed by atoms with E-state index in [0.717, 1.165) is 25.8 Å². The van der Waals surface area contributed by atoms with E-state index in [1.807, 2.05) is 11.9 Å². The number of aliphatic hydroxyl groups is 3. The van der Waals surface area contributed by atoms with Gasteiger partial charge in [0, 0.05) is 12.7 Å². The van der Waals surface area contributed by atoms with Gasteiger partial charge in [0.25, 0.3) is 0 Å². The summed E-state index contributed by atoms with van der Waals surface area (Å²) < 4.78 is 7.51. The second-order valence-corrected chi connectivity index (χ2v) is 10.7. The van der Waals surface area contributed by atoms with Gasteiger partial charge in [0.1, 0.15) is 35.5 Å². The number of carbonyl (C=O) groups excluding carboxylic acids is 1. The van der Waals surface area contributed by atoms with Crippen molar-refractivity contribution >= 4 is 23.6 Å². The lowest BCUT2D eigenvalue weighted by Crippen LogP contribution is -2.64. The van der Waals surface area contributed by atoms with Gasteiger partial charge >= 0.3 is 0 Å². The van der Waals surface area contributed by atoms with Crippen LogP contribution in [0.4, 0.5) is 5.95 Å². The maximum Gasteiger partial charge on any atom is 0.237 e. The van der Waals surface area contributed by atoms with Crippen LogP contribution >= 0.6 is 11.8 Å². The molecular formula is C23H36N8O5S. The highest BCUT2D eigenvalue weighted by molar-refractivity contribution is 7.99. The number of nitrogens with two attached hydrogens (primary N) is 1. The molecule has 2 fully saturated rings. The second-order valence-electron chi connectivity index (χ2n) is 9.76. The van der Waals surface area contributed by atoms with Gasteiger partial charge in [-0.15, -0.1) is 16.9 Å². The molecule has 0 spiro atoms. The molecule has 6 N–H and O–H groups in total. The zero-order valence-electron chi connectivity index (χ0n) is 21.2. The van der Waals surface area contributed by atoms with Crippen LogP contribution in [-0.4, -0.2) is 113 Å². The molecule has 2 aromatic rings. The van der Waals surface area contributed by atoms with E-state index in [1.165, 1.54) is 22.6 Å². The Morgan fingerprint density at radius 2 is 2.08 bits per heavy atom. The van der Waals surface area contributed by atoms with E-state index in [9.17, 15) is 20.1 Å². The molecule has 204 valence electrons. The molecule has 13 nitrogen and oxygen atoms in total. The Kier molecular flexibility index (Phi) is 8.98. The Labute approximate surface area is 219 Å². The molecule has 8 atom stereocenters. The number of aromatic nitrogens is 5. The van der Waals surface area contributed by atoms with Crippen LogP contribution in [0.3, 0.4) is 0 Å². The minimum atomic E-state index is -1.44. The third-order valence-corrected chi connectivity index (χ3v) is 7.91. The first kappa shape index (κ1) is 27.7. The number of rotatable bonds is 9. The fourth-order valence-corrected chi connectivity index (χ4v) is 5.84. The molecule has 3 unspecified atom stereocenters. The fraction of sp³-hybridized carbons (Fsp3) is 0.696. The minimum Gasteiger partial charge on any atom is -0.388 e. The maximum absolute atomic E-state index is 13.4. The van der Waals surface area contributed by atoms with Crippen LogP contribution in [0.1, 0.15) is 26.2 Å². The molecule has 0 bridgehead atoms. The molecule has 4 rings (SSSR count). The number of aliphatic hydroxyl groups excluding tert-OH is 3. The first-order chi connectivity index (χ1) is 17.7. The Balaban J connectivity index is 1.57. The van der Waals surface area contributed by atoms with Crippen LogP contribution in [0.5, 0.6) is 0 Å². The summed E-state index contributed by atoms with van der Waals surface area (Å²) in [6, 6.07) is 0.562. The maximum atomic E-state index is 13.4. The van der Waals surface area contributed by atoms with Gasteiger partial charge in [0.05, 0.1) is 30.5 Å².